The Balaban J connectivity index is 1.98. The van der Waals surface area contributed by atoms with Gasteiger partial charge in [0.2, 0.25) is 0 Å². The van der Waals surface area contributed by atoms with Gasteiger partial charge in [-0.15, -0.1) is 0 Å². The Morgan fingerprint density at radius 3 is 2.61 bits per heavy atom. The highest BCUT2D eigenvalue weighted by Crippen LogP contribution is 2.21. The first-order chi connectivity index (χ1) is 8.70. The molecule has 1 aliphatic rings. The van der Waals surface area contributed by atoms with E-state index in [1.165, 1.54) is 25.2 Å². The number of benzene rings is 1. The molecule has 100 valence electrons. The van der Waals surface area contributed by atoms with Crippen LogP contribution < -0.4 is 0 Å². The van der Waals surface area contributed by atoms with Crippen LogP contribution in [0.4, 0.5) is 0 Å². The summed E-state index contributed by atoms with van der Waals surface area (Å²) in [6.45, 7) is 7.06. The first-order valence-corrected chi connectivity index (χ1v) is 7.86. The van der Waals surface area contributed by atoms with E-state index in [1.54, 1.807) is 0 Å². The van der Waals surface area contributed by atoms with Crippen LogP contribution in [0.2, 0.25) is 0 Å². The molecule has 1 aliphatic heterocycles. The van der Waals surface area contributed by atoms with Gasteiger partial charge in [0.25, 0.3) is 0 Å². The lowest BCUT2D eigenvalue weighted by Crippen LogP contribution is -2.51. The smallest absolute Gasteiger partial charge is 0.0195 e. The molecule has 1 fully saturated rings. The van der Waals surface area contributed by atoms with Crippen molar-refractivity contribution in [2.45, 2.75) is 18.9 Å². The van der Waals surface area contributed by atoms with E-state index < -0.39 is 0 Å². The molecule has 1 aromatic carbocycles. The van der Waals surface area contributed by atoms with Gasteiger partial charge >= 0.3 is 0 Å². The van der Waals surface area contributed by atoms with Gasteiger partial charge in [0.05, 0.1) is 0 Å². The van der Waals surface area contributed by atoms with E-state index >= 15 is 0 Å². The predicted molar refractivity (Wildman–Crippen MR) is 81.5 cm³/mol. The number of hydrogen-bond acceptors (Lipinski definition) is 2. The third-order valence-corrected chi connectivity index (χ3v) is 4.66. The number of hydrogen-bond donors (Lipinski definition) is 0. The van der Waals surface area contributed by atoms with Gasteiger partial charge in [-0.25, -0.2) is 0 Å². The molecule has 0 radical (unpaired) electrons. The fourth-order valence-electron chi connectivity index (χ4n) is 2.70. The van der Waals surface area contributed by atoms with Crippen LogP contribution in [0.15, 0.2) is 30.3 Å². The summed E-state index contributed by atoms with van der Waals surface area (Å²) in [6.07, 6.45) is 0. The van der Waals surface area contributed by atoms with Crippen LogP contribution in [-0.4, -0.2) is 54.4 Å². The zero-order chi connectivity index (χ0) is 13.0. The molecule has 1 aromatic rings. The van der Waals surface area contributed by atoms with E-state index in [9.17, 15) is 0 Å². The molecule has 0 N–H and O–H groups in total. The molecular formula is C15H23BrN2. The molecule has 1 saturated heterocycles. The summed E-state index contributed by atoms with van der Waals surface area (Å²) in [5.41, 5.74) is 1.44. The summed E-state index contributed by atoms with van der Waals surface area (Å²) in [5, 5.41) is 1.04. The van der Waals surface area contributed by atoms with Crippen molar-refractivity contribution in [3.63, 3.8) is 0 Å². The molecule has 18 heavy (non-hydrogen) atoms. The third-order valence-electron chi connectivity index (χ3n) is 3.88. The Morgan fingerprint density at radius 2 is 2.00 bits per heavy atom. The fraction of sp³-hybridized carbons (Fsp3) is 0.600. The molecule has 0 amide bonds. The first kappa shape index (κ1) is 14.0. The van der Waals surface area contributed by atoms with Crippen molar-refractivity contribution in [2.24, 2.45) is 0 Å². The van der Waals surface area contributed by atoms with Gasteiger partial charge in [0.1, 0.15) is 0 Å². The van der Waals surface area contributed by atoms with Gasteiger partial charge in [-0.05, 0) is 19.5 Å². The van der Waals surface area contributed by atoms with E-state index in [2.05, 4.69) is 70.0 Å². The molecule has 2 unspecified atom stereocenters. The molecule has 0 aromatic heterocycles. The number of likely N-dealkylation sites (N-methyl/N-ethyl adjacent to an activating group) is 1. The van der Waals surface area contributed by atoms with E-state index in [4.69, 9.17) is 0 Å². The van der Waals surface area contributed by atoms with Gasteiger partial charge in [-0.3, -0.25) is 4.90 Å². The zero-order valence-electron chi connectivity index (χ0n) is 11.3. The number of nitrogens with zero attached hydrogens (tertiary/aromatic N) is 2. The molecule has 2 nitrogen and oxygen atoms in total. The Bertz CT molecular complexity index is 355. The summed E-state index contributed by atoms with van der Waals surface area (Å²) < 4.78 is 0. The molecule has 0 aliphatic carbocycles. The van der Waals surface area contributed by atoms with Crippen molar-refractivity contribution in [1.29, 1.82) is 0 Å². The molecule has 0 saturated carbocycles. The predicted octanol–water partition coefficient (Wildman–Crippen LogP) is 2.80. The summed E-state index contributed by atoms with van der Waals surface area (Å²) in [6, 6.07) is 11.5. The Labute approximate surface area is 119 Å². The quantitative estimate of drug-likeness (QED) is 0.789. The number of rotatable bonds is 4. The lowest BCUT2D eigenvalue weighted by atomic mass is 9.99. The number of alkyl halides is 1. The maximum atomic E-state index is 3.67. The average Bonchev–Trinajstić information content (AvgIpc) is 2.39. The molecule has 0 bridgehead atoms. The summed E-state index contributed by atoms with van der Waals surface area (Å²) in [7, 11) is 2.22. The third kappa shape index (κ3) is 3.56. The highest BCUT2D eigenvalue weighted by atomic mass is 79.9. The monoisotopic (exact) mass is 310 g/mol. The minimum atomic E-state index is 0.594. The van der Waals surface area contributed by atoms with E-state index in [0.717, 1.165) is 11.9 Å². The molecule has 2 atom stereocenters. The number of piperazine rings is 1. The van der Waals surface area contributed by atoms with Gasteiger partial charge in [0, 0.05) is 43.5 Å². The Morgan fingerprint density at radius 1 is 1.28 bits per heavy atom. The maximum absolute atomic E-state index is 3.67. The van der Waals surface area contributed by atoms with Crippen molar-refractivity contribution >= 4 is 15.9 Å². The molecule has 1 heterocycles. The largest absolute Gasteiger partial charge is 0.304 e. The molecule has 2 rings (SSSR count). The number of halogens is 1. The second-order valence-corrected chi connectivity index (χ2v) is 6.02. The van der Waals surface area contributed by atoms with Crippen LogP contribution in [0.25, 0.3) is 0 Å². The van der Waals surface area contributed by atoms with Crippen LogP contribution >= 0.6 is 15.9 Å². The summed E-state index contributed by atoms with van der Waals surface area (Å²) in [5.74, 6) is 0.594. The molecular weight excluding hydrogens is 288 g/mol. The van der Waals surface area contributed by atoms with Gasteiger partial charge in [0.15, 0.2) is 0 Å². The molecule has 3 heteroatoms. The standard InChI is InChI=1S/C15H23BrN2/c1-13-11-17(2)8-9-18(13)12-15(10-16)14-6-4-3-5-7-14/h3-7,13,15H,8-12H2,1-2H3. The highest BCUT2D eigenvalue weighted by Gasteiger charge is 2.24. The lowest BCUT2D eigenvalue weighted by molar-refractivity contribution is 0.0961. The topological polar surface area (TPSA) is 6.48 Å². The van der Waals surface area contributed by atoms with Crippen molar-refractivity contribution in [2.75, 3.05) is 38.6 Å². The van der Waals surface area contributed by atoms with Crippen LogP contribution in [0, 0.1) is 0 Å². The minimum Gasteiger partial charge on any atom is -0.304 e. The van der Waals surface area contributed by atoms with Crippen LogP contribution in [0.1, 0.15) is 18.4 Å². The van der Waals surface area contributed by atoms with Crippen molar-refractivity contribution in [1.82, 2.24) is 9.80 Å². The van der Waals surface area contributed by atoms with E-state index in [0.29, 0.717) is 12.0 Å². The highest BCUT2D eigenvalue weighted by molar-refractivity contribution is 9.09. The summed E-state index contributed by atoms with van der Waals surface area (Å²) in [4.78, 5) is 5.05. The molecule has 0 spiro atoms. The normalized spacial score (nSPS) is 24.1. The van der Waals surface area contributed by atoms with Crippen LogP contribution in [0.5, 0.6) is 0 Å². The van der Waals surface area contributed by atoms with E-state index in [-0.39, 0.29) is 0 Å². The Hall–Kier alpha value is -0.380. The fourth-order valence-corrected chi connectivity index (χ4v) is 3.28. The minimum absolute atomic E-state index is 0.594. The van der Waals surface area contributed by atoms with Gasteiger partial charge in [-0.2, -0.15) is 0 Å². The van der Waals surface area contributed by atoms with E-state index in [1.807, 2.05) is 0 Å². The van der Waals surface area contributed by atoms with Gasteiger partial charge < -0.3 is 4.90 Å². The second kappa shape index (κ2) is 6.69. The first-order valence-electron chi connectivity index (χ1n) is 6.74. The van der Waals surface area contributed by atoms with Crippen LogP contribution in [-0.2, 0) is 0 Å². The lowest BCUT2D eigenvalue weighted by Gasteiger charge is -2.39. The Kier molecular flexibility index (Phi) is 5.22. The summed E-state index contributed by atoms with van der Waals surface area (Å²) >= 11 is 3.67. The van der Waals surface area contributed by atoms with Crippen molar-refractivity contribution < 1.29 is 0 Å². The average molecular weight is 311 g/mol. The maximum Gasteiger partial charge on any atom is 0.0195 e. The SMILES string of the molecule is CC1CN(C)CCN1CC(CBr)c1ccccc1. The second-order valence-electron chi connectivity index (χ2n) is 5.37. The van der Waals surface area contributed by atoms with Crippen LogP contribution in [0.3, 0.4) is 0 Å². The van der Waals surface area contributed by atoms with Crippen molar-refractivity contribution in [3.8, 4) is 0 Å². The van der Waals surface area contributed by atoms with Gasteiger partial charge in [-0.1, -0.05) is 46.3 Å². The van der Waals surface area contributed by atoms with Crippen molar-refractivity contribution in [3.05, 3.63) is 35.9 Å². The zero-order valence-corrected chi connectivity index (χ0v) is 12.9.